The van der Waals surface area contributed by atoms with Crippen LogP contribution in [0.4, 0.5) is 11.4 Å². The molecular weight excluding hydrogens is 452 g/mol. The lowest BCUT2D eigenvalue weighted by Gasteiger charge is -2.30. The Kier molecular flexibility index (Phi) is 5.72. The van der Waals surface area contributed by atoms with Gasteiger partial charge in [-0.2, -0.15) is 0 Å². The molecule has 3 aliphatic heterocycles. The van der Waals surface area contributed by atoms with Crippen LogP contribution in [0.5, 0.6) is 5.75 Å². The van der Waals surface area contributed by atoms with Gasteiger partial charge in [0.15, 0.2) is 0 Å². The first kappa shape index (κ1) is 22.4. The molecule has 1 unspecified atom stereocenters. The van der Waals surface area contributed by atoms with Crippen LogP contribution >= 0.6 is 0 Å². The Morgan fingerprint density at radius 1 is 0.861 bits per heavy atom. The van der Waals surface area contributed by atoms with E-state index >= 15 is 0 Å². The monoisotopic (exact) mass is 480 g/mol. The van der Waals surface area contributed by atoms with E-state index < -0.39 is 17.7 Å². The number of ether oxygens (including phenoxy) is 1. The summed E-state index contributed by atoms with van der Waals surface area (Å²) in [5.41, 5.74) is 4.12. The van der Waals surface area contributed by atoms with Crippen molar-refractivity contribution < 1.29 is 19.4 Å². The molecule has 0 aliphatic carbocycles. The maximum Gasteiger partial charge on any atom is 0.300 e. The van der Waals surface area contributed by atoms with Crippen molar-refractivity contribution in [2.45, 2.75) is 31.7 Å². The van der Waals surface area contributed by atoms with Crippen LogP contribution in [-0.4, -0.2) is 36.5 Å². The number of hydrogen-bond acceptors (Lipinski definition) is 5. The summed E-state index contributed by atoms with van der Waals surface area (Å²) in [5.74, 6) is -0.691. The molecule has 3 aromatic rings. The number of Topliss-reactive ketones (excluding diaryl/α,β-unsaturated/α-hetero) is 1. The van der Waals surface area contributed by atoms with Crippen LogP contribution in [0.1, 0.15) is 42.0 Å². The number of hydrogen-bond donors (Lipinski definition) is 1. The van der Waals surface area contributed by atoms with Gasteiger partial charge >= 0.3 is 0 Å². The Morgan fingerprint density at radius 2 is 1.58 bits per heavy atom. The van der Waals surface area contributed by atoms with Gasteiger partial charge in [-0.3, -0.25) is 14.5 Å². The van der Waals surface area contributed by atoms with Gasteiger partial charge in [0, 0.05) is 36.4 Å². The molecule has 1 N–H and O–H groups in total. The number of rotatable bonds is 4. The summed E-state index contributed by atoms with van der Waals surface area (Å²) >= 11 is 0. The maximum atomic E-state index is 13.4. The lowest BCUT2D eigenvalue weighted by Crippen LogP contribution is -2.30. The number of anilines is 2. The van der Waals surface area contributed by atoms with Crippen molar-refractivity contribution in [1.29, 1.82) is 0 Å². The van der Waals surface area contributed by atoms with E-state index in [1.807, 2.05) is 66.7 Å². The van der Waals surface area contributed by atoms with E-state index in [1.165, 1.54) is 24.2 Å². The largest absolute Gasteiger partial charge is 0.507 e. The zero-order chi connectivity index (χ0) is 24.6. The zero-order valence-corrected chi connectivity index (χ0v) is 20.0. The molecule has 0 aromatic heterocycles. The molecule has 0 bridgehead atoms. The highest BCUT2D eigenvalue weighted by Crippen LogP contribution is 2.43. The van der Waals surface area contributed by atoms with Gasteiger partial charge < -0.3 is 14.7 Å². The highest BCUT2D eigenvalue weighted by Gasteiger charge is 2.47. The quantitative estimate of drug-likeness (QED) is 0.314. The van der Waals surface area contributed by atoms with Gasteiger partial charge in [0.05, 0.1) is 18.2 Å². The number of fused-ring (bicyclic) bond motifs is 1. The highest BCUT2D eigenvalue weighted by atomic mass is 16.5. The lowest BCUT2D eigenvalue weighted by atomic mass is 9.94. The summed E-state index contributed by atoms with van der Waals surface area (Å²) in [6.07, 6.45) is 4.36. The summed E-state index contributed by atoms with van der Waals surface area (Å²) in [5, 5.41) is 11.4. The molecule has 1 amide bonds. The molecule has 1 atom stereocenters. The van der Waals surface area contributed by atoms with Crippen LogP contribution in [0.2, 0.25) is 0 Å². The number of carbonyl (C=O) groups is 2. The third-order valence-electron chi connectivity index (χ3n) is 7.37. The van der Waals surface area contributed by atoms with Crippen LogP contribution in [-0.2, 0) is 16.0 Å². The molecule has 36 heavy (non-hydrogen) atoms. The van der Waals surface area contributed by atoms with Gasteiger partial charge in [0.2, 0.25) is 0 Å². The Bertz CT molecular complexity index is 1340. The fourth-order valence-electron chi connectivity index (χ4n) is 5.52. The van der Waals surface area contributed by atoms with Crippen molar-refractivity contribution in [1.82, 2.24) is 0 Å². The van der Waals surface area contributed by atoms with Crippen LogP contribution in [0.15, 0.2) is 78.4 Å². The fraction of sp³-hybridized carbons (Fsp3) is 0.267. The average molecular weight is 481 g/mol. The van der Waals surface area contributed by atoms with Gasteiger partial charge in [-0.25, -0.2) is 0 Å². The normalized spacial score (nSPS) is 20.9. The smallest absolute Gasteiger partial charge is 0.300 e. The van der Waals surface area contributed by atoms with Gasteiger partial charge in [-0.05, 0) is 72.9 Å². The Hall–Kier alpha value is -4.06. The predicted molar refractivity (Wildman–Crippen MR) is 139 cm³/mol. The zero-order valence-electron chi connectivity index (χ0n) is 20.0. The molecule has 3 heterocycles. The standard InChI is InChI=1S/C30H28N2O4/c33-28(22-9-14-25-21(19-22)15-18-36-25)26-27(20-7-3-1-4-8-20)32(30(35)29(26)34)24-12-10-23(11-13-24)31-16-5-2-6-17-31/h1,3-4,7-14,19,27,33H,2,5-6,15-18H2/b28-26-. The number of amides is 1. The first-order chi connectivity index (χ1) is 17.6. The molecule has 3 aromatic carbocycles. The number of carbonyl (C=O) groups excluding carboxylic acids is 2. The molecule has 3 aliphatic rings. The second-order valence-electron chi connectivity index (χ2n) is 9.56. The molecule has 0 spiro atoms. The van der Waals surface area contributed by atoms with E-state index in [1.54, 1.807) is 6.07 Å². The average Bonchev–Trinajstić information content (AvgIpc) is 3.51. The minimum absolute atomic E-state index is 0.102. The van der Waals surface area contributed by atoms with Crippen LogP contribution in [0.25, 0.3) is 5.76 Å². The Morgan fingerprint density at radius 3 is 2.33 bits per heavy atom. The summed E-state index contributed by atoms with van der Waals surface area (Å²) in [4.78, 5) is 30.7. The van der Waals surface area contributed by atoms with Crippen molar-refractivity contribution in [2.24, 2.45) is 0 Å². The van der Waals surface area contributed by atoms with Crippen molar-refractivity contribution in [3.63, 3.8) is 0 Å². The third-order valence-corrected chi connectivity index (χ3v) is 7.37. The third kappa shape index (κ3) is 3.83. The molecule has 0 saturated carbocycles. The number of ketones is 1. The first-order valence-electron chi connectivity index (χ1n) is 12.6. The van der Waals surface area contributed by atoms with Gasteiger partial charge in [-0.15, -0.1) is 0 Å². The molecule has 6 heteroatoms. The second kappa shape index (κ2) is 9.19. The summed E-state index contributed by atoms with van der Waals surface area (Å²) < 4.78 is 5.59. The van der Waals surface area contributed by atoms with Crippen molar-refractivity contribution >= 4 is 28.8 Å². The molecular formula is C30H28N2O4. The van der Waals surface area contributed by atoms with Gasteiger partial charge in [0.1, 0.15) is 11.5 Å². The van der Waals surface area contributed by atoms with Crippen molar-refractivity contribution in [2.75, 3.05) is 29.5 Å². The predicted octanol–water partition coefficient (Wildman–Crippen LogP) is 5.24. The number of nitrogens with zero attached hydrogens (tertiary/aromatic N) is 2. The number of aliphatic hydroxyl groups is 1. The summed E-state index contributed by atoms with van der Waals surface area (Å²) in [6.45, 7) is 2.65. The number of piperidine rings is 1. The van der Waals surface area contributed by atoms with Gasteiger partial charge in [-0.1, -0.05) is 30.3 Å². The molecule has 2 fully saturated rings. The maximum absolute atomic E-state index is 13.4. The Labute approximate surface area is 210 Å². The highest BCUT2D eigenvalue weighted by molar-refractivity contribution is 6.51. The minimum atomic E-state index is -0.725. The SMILES string of the molecule is O=C1C(=O)N(c2ccc(N3CCCCC3)cc2)C(c2ccccc2)/C1=C(/O)c1ccc2c(c1)CCO2. The Balaban J connectivity index is 1.43. The molecule has 6 rings (SSSR count). The van der Waals surface area contributed by atoms with E-state index in [0.717, 1.165) is 42.1 Å². The number of benzene rings is 3. The van der Waals surface area contributed by atoms with Crippen molar-refractivity contribution in [3.05, 3.63) is 95.1 Å². The van der Waals surface area contributed by atoms with E-state index in [4.69, 9.17) is 4.74 Å². The molecule has 0 radical (unpaired) electrons. The van der Waals surface area contributed by atoms with Gasteiger partial charge in [0.25, 0.3) is 11.7 Å². The summed E-state index contributed by atoms with van der Waals surface area (Å²) in [6, 6.07) is 21.9. The molecule has 6 nitrogen and oxygen atoms in total. The second-order valence-corrected chi connectivity index (χ2v) is 9.56. The van der Waals surface area contributed by atoms with Crippen LogP contribution in [0.3, 0.4) is 0 Å². The fourth-order valence-corrected chi connectivity index (χ4v) is 5.52. The first-order valence-corrected chi connectivity index (χ1v) is 12.6. The molecule has 2 saturated heterocycles. The van der Waals surface area contributed by atoms with E-state index in [9.17, 15) is 14.7 Å². The summed E-state index contributed by atoms with van der Waals surface area (Å²) in [7, 11) is 0. The topological polar surface area (TPSA) is 70.1 Å². The van der Waals surface area contributed by atoms with Crippen LogP contribution in [0, 0.1) is 0 Å². The number of aliphatic hydroxyl groups excluding tert-OH is 1. The van der Waals surface area contributed by atoms with E-state index in [-0.39, 0.29) is 11.3 Å². The minimum Gasteiger partial charge on any atom is -0.507 e. The van der Waals surface area contributed by atoms with Crippen LogP contribution < -0.4 is 14.5 Å². The van der Waals surface area contributed by atoms with E-state index in [2.05, 4.69) is 4.90 Å². The molecule has 182 valence electrons. The lowest BCUT2D eigenvalue weighted by molar-refractivity contribution is -0.132. The van der Waals surface area contributed by atoms with E-state index in [0.29, 0.717) is 17.9 Å². The van der Waals surface area contributed by atoms with Crippen molar-refractivity contribution in [3.8, 4) is 5.75 Å².